The molecule has 28 heteroatoms. The summed E-state index contributed by atoms with van der Waals surface area (Å²) in [5.41, 5.74) is 3.19. The highest BCUT2D eigenvalue weighted by Crippen LogP contribution is 2.29. The van der Waals surface area contributed by atoms with Gasteiger partial charge in [0.2, 0.25) is 0 Å². The molecule has 11 rings (SSSR count). The zero-order valence-electron chi connectivity index (χ0n) is 60.8. The number of rotatable bonds is 14. The Morgan fingerprint density at radius 3 is 1.31 bits per heavy atom. The molecular formula is C74H113Cl2N9O15S2. The molecule has 0 spiro atoms. The van der Waals surface area contributed by atoms with Crippen molar-refractivity contribution in [2.24, 2.45) is 0 Å². The van der Waals surface area contributed by atoms with Crippen LogP contribution in [0.15, 0.2) is 126 Å². The maximum atomic E-state index is 12.3. The van der Waals surface area contributed by atoms with E-state index in [1.54, 1.807) is 64.9 Å². The Hall–Kier alpha value is -6.52. The number of aryl methyl sites for hydroxylation is 2. The lowest BCUT2D eigenvalue weighted by Gasteiger charge is -2.37. The van der Waals surface area contributed by atoms with Crippen molar-refractivity contribution in [3.8, 4) is 0 Å². The van der Waals surface area contributed by atoms with E-state index < -0.39 is 25.3 Å². The van der Waals surface area contributed by atoms with Gasteiger partial charge in [-0.1, -0.05) is 85.0 Å². The van der Waals surface area contributed by atoms with Gasteiger partial charge in [-0.3, -0.25) is 13.5 Å². The molecule has 3 aromatic carbocycles. The quantitative estimate of drug-likeness (QED) is 0.0615. The van der Waals surface area contributed by atoms with Crippen molar-refractivity contribution in [3.05, 3.63) is 132 Å². The number of aromatic nitrogens is 4. The molecule has 6 aliphatic rings. The molecule has 1 saturated carbocycles. The number of halogens is 2. The normalized spacial score (nSPS) is 20.1. The van der Waals surface area contributed by atoms with E-state index in [9.17, 15) is 41.1 Å². The van der Waals surface area contributed by atoms with Crippen molar-refractivity contribution < 1.29 is 69.0 Å². The third-order valence-corrected chi connectivity index (χ3v) is 21.2. The van der Waals surface area contributed by atoms with E-state index in [1.165, 1.54) is 69.1 Å². The topological polar surface area (TPSA) is 264 Å². The van der Waals surface area contributed by atoms with Crippen molar-refractivity contribution in [3.63, 3.8) is 0 Å². The van der Waals surface area contributed by atoms with Gasteiger partial charge in [-0.05, 0) is 186 Å². The van der Waals surface area contributed by atoms with Crippen LogP contribution in [0.5, 0.6) is 0 Å². The van der Waals surface area contributed by atoms with Crippen molar-refractivity contribution in [2.75, 3.05) is 91.9 Å². The van der Waals surface area contributed by atoms with E-state index in [-0.39, 0.29) is 58.8 Å². The van der Waals surface area contributed by atoms with Gasteiger partial charge in [-0.25, -0.2) is 27.6 Å². The Labute approximate surface area is 616 Å². The van der Waals surface area contributed by atoms with E-state index in [4.69, 9.17) is 38.5 Å². The molecule has 2 aromatic heterocycles. The lowest BCUT2D eigenvalue weighted by molar-refractivity contribution is 0.0309. The van der Waals surface area contributed by atoms with Crippen LogP contribution in [0.3, 0.4) is 0 Å². The summed E-state index contributed by atoms with van der Waals surface area (Å²) < 4.78 is 81.6. The summed E-state index contributed by atoms with van der Waals surface area (Å²) in [5, 5.41) is 18.0. The number of carbonyl (C=O) groups is 4. The number of carbonyl (C=O) groups excluding carboxylic acids is 4. The summed E-state index contributed by atoms with van der Waals surface area (Å²) in [6.45, 7) is 21.0. The molecule has 5 aliphatic heterocycles. The van der Waals surface area contributed by atoms with Crippen LogP contribution < -0.4 is 0 Å². The number of hydrogen-bond acceptors (Lipinski definition) is 18. The molecule has 24 nitrogen and oxygen atoms in total. The first-order valence-corrected chi connectivity index (χ1v) is 40.2. The number of hydrogen-bond donors (Lipinski definition) is 1. The Morgan fingerprint density at radius 2 is 0.853 bits per heavy atom. The average Bonchev–Trinajstić information content (AvgIpc) is 1.21. The lowest BCUT2D eigenvalue weighted by Crippen LogP contribution is -2.42. The Kier molecular flexibility index (Phi) is 39.7. The predicted molar refractivity (Wildman–Crippen MR) is 396 cm³/mol. The SMILES string of the molecule is CCOC(=O)N1CCCC(N2CCC(n3cccn3)CC2)CC1.CCOC(=O)N1CCCC(O)CC1.CCOC(=O)N1CCCC(OCc2ccccc2)CC1.CCOC(=O)N1CCCC(OS(=O)(=O)c2ccc(C)cc2)CC1.Cc1ccc(S(=O)(=O)Cl)cc1.Cl.c1cnn(C2CCCCC2)c1. The van der Waals surface area contributed by atoms with E-state index in [2.05, 4.69) is 49.0 Å². The molecule has 1 N–H and O–H groups in total. The van der Waals surface area contributed by atoms with Crippen molar-refractivity contribution in [2.45, 2.75) is 216 Å². The Bertz CT molecular complexity index is 3350. The van der Waals surface area contributed by atoms with E-state index >= 15 is 0 Å². The summed E-state index contributed by atoms with van der Waals surface area (Å²) in [6, 6.07) is 29.0. The molecule has 5 saturated heterocycles. The van der Waals surface area contributed by atoms with Gasteiger partial charge in [0, 0.05) is 107 Å². The average molecular weight is 1500 g/mol. The van der Waals surface area contributed by atoms with Gasteiger partial charge in [-0.2, -0.15) is 18.6 Å². The molecule has 4 amide bonds. The molecule has 102 heavy (non-hydrogen) atoms. The first-order chi connectivity index (χ1) is 48.7. The van der Waals surface area contributed by atoms with Crippen molar-refractivity contribution >= 4 is 66.6 Å². The highest BCUT2D eigenvalue weighted by molar-refractivity contribution is 8.13. The smallest absolute Gasteiger partial charge is 0.409 e. The first-order valence-electron chi connectivity index (χ1n) is 36.4. The van der Waals surface area contributed by atoms with Gasteiger partial charge in [0.05, 0.1) is 73.2 Å². The van der Waals surface area contributed by atoms with Crippen LogP contribution in [0.25, 0.3) is 0 Å². The zero-order valence-corrected chi connectivity index (χ0v) is 64.0. The van der Waals surface area contributed by atoms with Crippen LogP contribution in [0.4, 0.5) is 19.2 Å². The maximum Gasteiger partial charge on any atom is 0.409 e. The molecule has 4 unspecified atom stereocenters. The standard InChI is InChI=1S/C17H28N4O2.C16H23NO5S.C16H23NO3.C9H14N2.C9H17NO3.C7H7ClO2S.ClH/c1-2-23-17(22)20-10-3-5-15(6-14-20)19-12-7-16(8-13-19)21-11-4-9-18-21;1-3-21-16(18)17-11-4-5-14(10-12-17)22-23(19,20)15-8-6-13(2)7-9-15;1-2-19-16(18)17-11-6-9-15(10-12-17)20-13-14-7-4-3-5-8-14;1-2-5-9(6-3-1)11-8-4-7-10-11;1-2-13-9(12)10-6-3-4-8(11)5-7-10;1-6-2-4-7(5-3-6)11(8,9)10;/h4,9,11,15-16H,2-3,5-8,10,12-14H2,1H3;6-9,14H,3-5,10-12H2,1-2H3;3-5,7-8,15H,2,6,9-13H2,1H3;4,7-9H,1-3,5-6H2;8,11H,2-7H2,1H3;2-5H,1H3;1H. The van der Waals surface area contributed by atoms with E-state index in [1.807, 2.05) is 75.3 Å². The third-order valence-electron chi connectivity index (χ3n) is 18.4. The van der Waals surface area contributed by atoms with E-state index in [0.29, 0.717) is 103 Å². The summed E-state index contributed by atoms with van der Waals surface area (Å²) in [6.07, 6.45) is 25.9. The van der Waals surface area contributed by atoms with Crippen LogP contribution in [-0.2, 0) is 53.6 Å². The summed E-state index contributed by atoms with van der Waals surface area (Å²) >= 11 is 0. The van der Waals surface area contributed by atoms with Crippen LogP contribution in [-0.4, -0.2) is 207 Å². The Morgan fingerprint density at radius 1 is 0.451 bits per heavy atom. The minimum Gasteiger partial charge on any atom is -0.450 e. The highest BCUT2D eigenvalue weighted by Gasteiger charge is 2.31. The summed E-state index contributed by atoms with van der Waals surface area (Å²) in [7, 11) is -2.24. The van der Waals surface area contributed by atoms with Crippen LogP contribution in [0.2, 0.25) is 0 Å². The van der Waals surface area contributed by atoms with E-state index in [0.717, 1.165) is 95.3 Å². The lowest BCUT2D eigenvalue weighted by atomic mass is 9.96. The fourth-order valence-electron chi connectivity index (χ4n) is 12.8. The molecule has 0 radical (unpaired) electrons. The van der Waals surface area contributed by atoms with Crippen molar-refractivity contribution in [1.29, 1.82) is 0 Å². The summed E-state index contributed by atoms with van der Waals surface area (Å²) in [4.78, 5) is 56.5. The fourth-order valence-corrected chi connectivity index (χ4v) is 14.7. The number of ether oxygens (including phenoxy) is 5. The Balaban J connectivity index is 0.000000225. The second-order valence-electron chi connectivity index (χ2n) is 26.0. The summed E-state index contributed by atoms with van der Waals surface area (Å²) in [5.74, 6) is 0. The molecular weight excluding hydrogens is 1390 g/mol. The molecule has 1 aliphatic carbocycles. The number of aliphatic hydroxyl groups is 1. The maximum absolute atomic E-state index is 12.3. The monoisotopic (exact) mass is 1500 g/mol. The van der Waals surface area contributed by atoms with Crippen LogP contribution in [0, 0.1) is 13.8 Å². The number of benzene rings is 3. The molecule has 4 atom stereocenters. The number of amides is 4. The second-order valence-corrected chi connectivity index (χ2v) is 30.1. The van der Waals surface area contributed by atoms with Crippen molar-refractivity contribution in [1.82, 2.24) is 44.1 Å². The molecule has 6 fully saturated rings. The zero-order chi connectivity index (χ0) is 72.8. The number of aliphatic hydroxyl groups excluding tert-OH is 1. The number of likely N-dealkylation sites (tertiary alicyclic amines) is 5. The van der Waals surface area contributed by atoms with Gasteiger partial charge in [0.25, 0.3) is 19.2 Å². The largest absolute Gasteiger partial charge is 0.450 e. The van der Waals surface area contributed by atoms with Gasteiger partial charge >= 0.3 is 24.4 Å². The first kappa shape index (κ1) is 86.1. The molecule has 570 valence electrons. The molecule has 0 bridgehead atoms. The minimum atomic E-state index is -3.78. The number of nitrogens with zero attached hydrogens (tertiary/aromatic N) is 9. The number of piperidine rings is 1. The van der Waals surface area contributed by atoms with Gasteiger partial charge in [0.1, 0.15) is 0 Å². The predicted octanol–water partition coefficient (Wildman–Crippen LogP) is 14.2. The second kappa shape index (κ2) is 47.0. The van der Waals surface area contributed by atoms with Gasteiger partial charge in [0.15, 0.2) is 0 Å². The highest BCUT2D eigenvalue weighted by atomic mass is 35.7. The molecule has 5 aromatic rings. The van der Waals surface area contributed by atoms with Gasteiger partial charge in [-0.15, -0.1) is 12.4 Å². The minimum absolute atomic E-state index is 0. The fraction of sp³-hybridized carbons (Fsp3) is 0.622. The third kappa shape index (κ3) is 31.4. The van der Waals surface area contributed by atoms with Gasteiger partial charge < -0.3 is 53.3 Å². The van der Waals surface area contributed by atoms with Crippen LogP contribution in [0.1, 0.15) is 178 Å². The molecule has 7 heterocycles. The van der Waals surface area contributed by atoms with Crippen LogP contribution >= 0.6 is 23.1 Å².